The van der Waals surface area contributed by atoms with Crippen molar-refractivity contribution >= 4 is 32.3 Å². The smallest absolute Gasteiger partial charge is 0.235 e. The summed E-state index contributed by atoms with van der Waals surface area (Å²) < 4.78 is 25.8. The fraction of sp³-hybridized carbons (Fsp3) is 0.250. The van der Waals surface area contributed by atoms with E-state index < -0.39 is 10.0 Å². The molecule has 0 amide bonds. The van der Waals surface area contributed by atoms with Crippen LogP contribution in [0.3, 0.4) is 0 Å². The van der Waals surface area contributed by atoms with Gasteiger partial charge in [0.05, 0.1) is 17.0 Å². The highest BCUT2D eigenvalue weighted by Crippen LogP contribution is 2.26. The number of para-hydroxylation sites is 1. The van der Waals surface area contributed by atoms with Crippen LogP contribution in [0.15, 0.2) is 54.6 Å². The van der Waals surface area contributed by atoms with Gasteiger partial charge in [0.2, 0.25) is 10.0 Å². The van der Waals surface area contributed by atoms with Crippen LogP contribution < -0.4 is 9.62 Å². The van der Waals surface area contributed by atoms with Crippen molar-refractivity contribution in [1.82, 2.24) is 4.98 Å². The lowest BCUT2D eigenvalue weighted by Crippen LogP contribution is -2.25. The summed E-state index contributed by atoms with van der Waals surface area (Å²) >= 11 is 0. The molecular weight excluding hydrogens is 346 g/mol. The second-order valence-corrected chi connectivity index (χ2v) is 8.61. The number of aromatic nitrogens is 1. The summed E-state index contributed by atoms with van der Waals surface area (Å²) in [5, 5.41) is 4.56. The maximum absolute atomic E-state index is 12.1. The van der Waals surface area contributed by atoms with Gasteiger partial charge in [-0.25, -0.2) is 8.42 Å². The number of aryl methyl sites for hydroxylation is 1. The SMILES string of the molecule is Cc1cc(NCc2cccc(N3CCCS3(=O)=O)c2)c2ccccc2n1. The van der Waals surface area contributed by atoms with Crippen molar-refractivity contribution in [2.75, 3.05) is 21.9 Å². The predicted octanol–water partition coefficient (Wildman–Crippen LogP) is 3.70. The van der Waals surface area contributed by atoms with Gasteiger partial charge in [-0.15, -0.1) is 0 Å². The highest BCUT2D eigenvalue weighted by atomic mass is 32.2. The first kappa shape index (κ1) is 16.8. The van der Waals surface area contributed by atoms with Gasteiger partial charge in [0.15, 0.2) is 0 Å². The lowest BCUT2D eigenvalue weighted by atomic mass is 10.1. The van der Waals surface area contributed by atoms with Crippen molar-refractivity contribution < 1.29 is 8.42 Å². The van der Waals surface area contributed by atoms with Crippen LogP contribution in [0.4, 0.5) is 11.4 Å². The molecule has 6 heteroatoms. The molecular formula is C20H21N3O2S. The van der Waals surface area contributed by atoms with Crippen LogP contribution in [-0.2, 0) is 16.6 Å². The Labute approximate surface area is 153 Å². The summed E-state index contributed by atoms with van der Waals surface area (Å²) in [4.78, 5) is 4.56. The molecule has 0 bridgehead atoms. The third kappa shape index (κ3) is 3.24. The van der Waals surface area contributed by atoms with E-state index >= 15 is 0 Å². The maximum atomic E-state index is 12.1. The van der Waals surface area contributed by atoms with Crippen molar-refractivity contribution in [3.8, 4) is 0 Å². The van der Waals surface area contributed by atoms with Crippen LogP contribution in [0.25, 0.3) is 10.9 Å². The number of sulfonamides is 1. The minimum Gasteiger partial charge on any atom is -0.380 e. The number of anilines is 2. The van der Waals surface area contributed by atoms with Crippen molar-refractivity contribution in [2.24, 2.45) is 0 Å². The summed E-state index contributed by atoms with van der Waals surface area (Å²) in [6.07, 6.45) is 0.688. The van der Waals surface area contributed by atoms with Gasteiger partial charge >= 0.3 is 0 Å². The number of nitrogens with zero attached hydrogens (tertiary/aromatic N) is 2. The second-order valence-electron chi connectivity index (χ2n) is 6.59. The average molecular weight is 367 g/mol. The Morgan fingerprint density at radius 3 is 2.77 bits per heavy atom. The van der Waals surface area contributed by atoms with Crippen molar-refractivity contribution in [1.29, 1.82) is 0 Å². The van der Waals surface area contributed by atoms with Gasteiger partial charge in [0.1, 0.15) is 0 Å². The molecule has 0 radical (unpaired) electrons. The molecule has 5 nitrogen and oxygen atoms in total. The van der Waals surface area contributed by atoms with Crippen LogP contribution in [0.5, 0.6) is 0 Å². The lowest BCUT2D eigenvalue weighted by molar-refractivity contribution is 0.599. The van der Waals surface area contributed by atoms with E-state index in [0.29, 0.717) is 19.5 Å². The van der Waals surface area contributed by atoms with Gasteiger partial charge in [-0.05, 0) is 43.2 Å². The largest absolute Gasteiger partial charge is 0.380 e. The Morgan fingerprint density at radius 2 is 1.96 bits per heavy atom. The van der Waals surface area contributed by atoms with Crippen LogP contribution in [-0.4, -0.2) is 25.7 Å². The molecule has 0 saturated carbocycles. The molecule has 0 spiro atoms. The second kappa shape index (κ2) is 6.61. The van der Waals surface area contributed by atoms with Gasteiger partial charge in [-0.1, -0.05) is 30.3 Å². The summed E-state index contributed by atoms with van der Waals surface area (Å²) in [6, 6.07) is 17.8. The summed E-state index contributed by atoms with van der Waals surface area (Å²) in [5.74, 6) is 0.234. The van der Waals surface area contributed by atoms with E-state index in [9.17, 15) is 8.42 Å². The molecule has 1 aliphatic heterocycles. The zero-order valence-electron chi connectivity index (χ0n) is 14.6. The number of fused-ring (bicyclic) bond motifs is 1. The van der Waals surface area contributed by atoms with E-state index in [1.54, 1.807) is 0 Å². The molecule has 1 N–H and O–H groups in total. The van der Waals surface area contributed by atoms with Crippen LogP contribution >= 0.6 is 0 Å². The Hall–Kier alpha value is -2.60. The topological polar surface area (TPSA) is 62.3 Å². The number of hydrogen-bond donors (Lipinski definition) is 1. The molecule has 3 aromatic rings. The highest BCUT2D eigenvalue weighted by molar-refractivity contribution is 7.93. The minimum absolute atomic E-state index is 0.234. The van der Waals surface area contributed by atoms with E-state index in [-0.39, 0.29) is 5.75 Å². The molecule has 134 valence electrons. The van der Waals surface area contributed by atoms with Gasteiger partial charge in [0.25, 0.3) is 0 Å². The van der Waals surface area contributed by atoms with Crippen LogP contribution in [0.1, 0.15) is 17.7 Å². The first-order valence-electron chi connectivity index (χ1n) is 8.72. The van der Waals surface area contributed by atoms with Crippen molar-refractivity contribution in [3.05, 3.63) is 65.9 Å². The van der Waals surface area contributed by atoms with Gasteiger partial charge in [-0.2, -0.15) is 0 Å². The number of hydrogen-bond acceptors (Lipinski definition) is 4. The van der Waals surface area contributed by atoms with E-state index in [2.05, 4.69) is 16.4 Å². The normalized spacial score (nSPS) is 16.1. The summed E-state index contributed by atoms with van der Waals surface area (Å²) in [5.41, 5.74) is 4.75. The molecule has 2 heterocycles. The minimum atomic E-state index is -3.15. The number of rotatable bonds is 4. The molecule has 0 atom stereocenters. The average Bonchev–Trinajstić information content (AvgIpc) is 2.99. The summed E-state index contributed by atoms with van der Waals surface area (Å²) in [7, 11) is -3.15. The number of benzene rings is 2. The highest BCUT2D eigenvalue weighted by Gasteiger charge is 2.28. The predicted molar refractivity (Wildman–Crippen MR) is 106 cm³/mol. The standard InChI is InChI=1S/C20H21N3O2S/c1-15-12-20(18-8-2-3-9-19(18)22-15)21-14-16-6-4-7-17(13-16)23-10-5-11-26(23,24)25/h2-4,6-9,12-13H,5,10-11,14H2,1H3,(H,21,22). The fourth-order valence-corrected chi connectivity index (χ4v) is 4.96. The third-order valence-electron chi connectivity index (χ3n) is 4.63. The first-order valence-corrected chi connectivity index (χ1v) is 10.3. The van der Waals surface area contributed by atoms with E-state index in [1.165, 1.54) is 4.31 Å². The van der Waals surface area contributed by atoms with Gasteiger partial charge in [0, 0.05) is 29.9 Å². The molecule has 1 aromatic heterocycles. The Kier molecular flexibility index (Phi) is 4.28. The molecule has 1 aliphatic rings. The number of pyridine rings is 1. The summed E-state index contributed by atoms with van der Waals surface area (Å²) in [6.45, 7) is 3.17. The molecule has 0 unspecified atom stereocenters. The van der Waals surface area contributed by atoms with Gasteiger partial charge < -0.3 is 5.32 Å². The van der Waals surface area contributed by atoms with Crippen molar-refractivity contribution in [3.63, 3.8) is 0 Å². The fourth-order valence-electron chi connectivity index (χ4n) is 3.40. The zero-order valence-corrected chi connectivity index (χ0v) is 15.5. The first-order chi connectivity index (χ1) is 12.5. The quantitative estimate of drug-likeness (QED) is 0.764. The molecule has 1 saturated heterocycles. The molecule has 2 aromatic carbocycles. The van der Waals surface area contributed by atoms with E-state index in [1.807, 2.05) is 55.5 Å². The Morgan fingerprint density at radius 1 is 1.12 bits per heavy atom. The maximum Gasteiger partial charge on any atom is 0.235 e. The lowest BCUT2D eigenvalue weighted by Gasteiger charge is -2.18. The molecule has 1 fully saturated rings. The molecule has 0 aliphatic carbocycles. The number of nitrogens with one attached hydrogen (secondary N) is 1. The van der Waals surface area contributed by atoms with Crippen LogP contribution in [0, 0.1) is 6.92 Å². The third-order valence-corrected chi connectivity index (χ3v) is 6.49. The van der Waals surface area contributed by atoms with Gasteiger partial charge in [-0.3, -0.25) is 9.29 Å². The Bertz CT molecular complexity index is 1060. The van der Waals surface area contributed by atoms with Crippen LogP contribution in [0.2, 0.25) is 0 Å². The van der Waals surface area contributed by atoms with E-state index in [4.69, 9.17) is 0 Å². The van der Waals surface area contributed by atoms with E-state index in [0.717, 1.165) is 33.5 Å². The Balaban J connectivity index is 1.59. The molecule has 26 heavy (non-hydrogen) atoms. The van der Waals surface area contributed by atoms with Crippen molar-refractivity contribution in [2.45, 2.75) is 19.9 Å². The monoisotopic (exact) mass is 367 g/mol. The molecule has 4 rings (SSSR count). The zero-order chi connectivity index (χ0) is 18.1.